The Morgan fingerprint density at radius 3 is 2.00 bits per heavy atom. The minimum absolute atomic E-state index is 0.198. The van der Waals surface area contributed by atoms with E-state index in [-0.39, 0.29) is 23.8 Å². The first-order valence-corrected chi connectivity index (χ1v) is 4.67. The second-order valence-corrected chi connectivity index (χ2v) is 3.49. The summed E-state index contributed by atoms with van der Waals surface area (Å²) < 4.78 is 0. The largest absolute Gasteiger partial charge is 0.357 e. The molecule has 14 heavy (non-hydrogen) atoms. The lowest BCUT2D eigenvalue weighted by atomic mass is 10.0. The predicted molar refractivity (Wildman–Crippen MR) is 54.5 cm³/mol. The van der Waals surface area contributed by atoms with Gasteiger partial charge in [-0.25, -0.2) is 0 Å². The van der Waals surface area contributed by atoms with Gasteiger partial charge in [0, 0.05) is 19.0 Å². The molecule has 0 rings (SSSR count). The predicted octanol–water partition coefficient (Wildman–Crippen LogP) is -0.780. The van der Waals surface area contributed by atoms with E-state index in [1.807, 2.05) is 0 Å². The van der Waals surface area contributed by atoms with Crippen LogP contribution in [0.2, 0.25) is 0 Å². The van der Waals surface area contributed by atoms with Gasteiger partial charge in [-0.1, -0.05) is 6.92 Å². The van der Waals surface area contributed by atoms with E-state index < -0.39 is 6.04 Å². The summed E-state index contributed by atoms with van der Waals surface area (Å²) in [5.74, 6) is -0.701. The number of nitrogens with one attached hydrogen (secondary N) is 2. The van der Waals surface area contributed by atoms with Crippen LogP contribution in [-0.2, 0) is 9.59 Å². The number of hydrogen-bond donors (Lipinski definition) is 3. The maximum absolute atomic E-state index is 11.4. The van der Waals surface area contributed by atoms with Crippen molar-refractivity contribution < 1.29 is 9.59 Å². The fourth-order valence-corrected chi connectivity index (χ4v) is 0.866. The summed E-state index contributed by atoms with van der Waals surface area (Å²) in [6.07, 6.45) is 0. The van der Waals surface area contributed by atoms with Gasteiger partial charge in [-0.2, -0.15) is 0 Å². The standard InChI is InChI=1S/C9H19N3O2/c1-5(6(2)10)8(13)12-7(3)9(14)11-4/h5-7H,10H2,1-4H3,(H,11,14)(H,12,13). The summed E-state index contributed by atoms with van der Waals surface area (Å²) in [7, 11) is 1.53. The average Bonchev–Trinajstić information content (AvgIpc) is 2.14. The van der Waals surface area contributed by atoms with Crippen LogP contribution in [0.15, 0.2) is 0 Å². The van der Waals surface area contributed by atoms with Crippen molar-refractivity contribution in [3.8, 4) is 0 Å². The molecule has 0 aromatic heterocycles. The number of likely N-dealkylation sites (N-methyl/N-ethyl adjacent to an activating group) is 1. The van der Waals surface area contributed by atoms with Gasteiger partial charge in [0.2, 0.25) is 11.8 Å². The topological polar surface area (TPSA) is 84.2 Å². The van der Waals surface area contributed by atoms with Crippen molar-refractivity contribution in [2.24, 2.45) is 11.7 Å². The van der Waals surface area contributed by atoms with E-state index >= 15 is 0 Å². The number of carbonyl (C=O) groups excluding carboxylic acids is 2. The normalized spacial score (nSPS) is 16.6. The number of carbonyl (C=O) groups is 2. The van der Waals surface area contributed by atoms with Crippen molar-refractivity contribution in [2.75, 3.05) is 7.05 Å². The Hall–Kier alpha value is -1.10. The lowest BCUT2D eigenvalue weighted by Crippen LogP contribution is -2.48. The molecule has 3 unspecified atom stereocenters. The van der Waals surface area contributed by atoms with Crippen LogP contribution in [0.4, 0.5) is 0 Å². The second-order valence-electron chi connectivity index (χ2n) is 3.49. The maximum atomic E-state index is 11.4. The lowest BCUT2D eigenvalue weighted by Gasteiger charge is -2.18. The van der Waals surface area contributed by atoms with Gasteiger partial charge in [-0.05, 0) is 13.8 Å². The Balaban J connectivity index is 4.12. The Labute approximate surface area is 84.4 Å². The van der Waals surface area contributed by atoms with Gasteiger partial charge in [0.25, 0.3) is 0 Å². The quantitative estimate of drug-likeness (QED) is 0.558. The molecule has 0 aromatic rings. The molecule has 3 atom stereocenters. The van der Waals surface area contributed by atoms with Crippen LogP contribution < -0.4 is 16.4 Å². The molecule has 5 heteroatoms. The van der Waals surface area contributed by atoms with Crippen LogP contribution in [0.25, 0.3) is 0 Å². The third kappa shape index (κ3) is 3.74. The zero-order chi connectivity index (χ0) is 11.3. The van der Waals surface area contributed by atoms with Crippen molar-refractivity contribution >= 4 is 11.8 Å². The van der Waals surface area contributed by atoms with Crippen LogP contribution in [0, 0.1) is 5.92 Å². The molecule has 0 heterocycles. The molecule has 0 bridgehead atoms. The summed E-state index contributed by atoms with van der Waals surface area (Å²) in [4.78, 5) is 22.5. The van der Waals surface area contributed by atoms with Crippen molar-refractivity contribution in [3.05, 3.63) is 0 Å². The van der Waals surface area contributed by atoms with Gasteiger partial charge in [0.15, 0.2) is 0 Å². The molecule has 0 radical (unpaired) electrons. The third-order valence-electron chi connectivity index (χ3n) is 2.20. The summed E-state index contributed by atoms with van der Waals surface area (Å²) >= 11 is 0. The Bertz CT molecular complexity index is 216. The van der Waals surface area contributed by atoms with E-state index in [2.05, 4.69) is 10.6 Å². The minimum atomic E-state index is -0.520. The molecule has 0 aliphatic rings. The molecule has 4 N–H and O–H groups in total. The number of rotatable bonds is 4. The van der Waals surface area contributed by atoms with E-state index in [0.29, 0.717) is 0 Å². The SMILES string of the molecule is CNC(=O)C(C)NC(=O)C(C)C(C)N. The fourth-order valence-electron chi connectivity index (χ4n) is 0.866. The van der Waals surface area contributed by atoms with Crippen LogP contribution in [0.1, 0.15) is 20.8 Å². The lowest BCUT2D eigenvalue weighted by molar-refractivity contribution is -0.130. The first kappa shape index (κ1) is 12.9. The van der Waals surface area contributed by atoms with E-state index in [4.69, 9.17) is 5.73 Å². The maximum Gasteiger partial charge on any atom is 0.242 e. The Morgan fingerprint density at radius 1 is 1.14 bits per heavy atom. The average molecular weight is 201 g/mol. The van der Waals surface area contributed by atoms with Gasteiger partial charge in [-0.3, -0.25) is 9.59 Å². The Morgan fingerprint density at radius 2 is 1.64 bits per heavy atom. The monoisotopic (exact) mass is 201 g/mol. The van der Waals surface area contributed by atoms with Crippen molar-refractivity contribution in [1.29, 1.82) is 0 Å². The second kappa shape index (κ2) is 5.59. The highest BCUT2D eigenvalue weighted by molar-refractivity contribution is 5.88. The smallest absolute Gasteiger partial charge is 0.242 e. The third-order valence-corrected chi connectivity index (χ3v) is 2.20. The number of nitrogens with two attached hydrogens (primary N) is 1. The molecule has 0 aliphatic carbocycles. The zero-order valence-electron chi connectivity index (χ0n) is 9.13. The molecule has 0 fully saturated rings. The van der Waals surface area contributed by atoms with E-state index in [1.165, 1.54) is 7.05 Å². The minimum Gasteiger partial charge on any atom is -0.357 e. The van der Waals surface area contributed by atoms with Gasteiger partial charge < -0.3 is 16.4 Å². The molecule has 82 valence electrons. The zero-order valence-corrected chi connectivity index (χ0v) is 9.13. The fraction of sp³-hybridized carbons (Fsp3) is 0.778. The van der Waals surface area contributed by atoms with Gasteiger partial charge in [0.1, 0.15) is 6.04 Å². The van der Waals surface area contributed by atoms with Crippen molar-refractivity contribution in [1.82, 2.24) is 10.6 Å². The Kier molecular flexibility index (Phi) is 5.15. The molecule has 2 amide bonds. The van der Waals surface area contributed by atoms with Crippen molar-refractivity contribution in [2.45, 2.75) is 32.9 Å². The van der Waals surface area contributed by atoms with Crippen LogP contribution >= 0.6 is 0 Å². The molecular formula is C9H19N3O2. The number of hydrogen-bond acceptors (Lipinski definition) is 3. The molecule has 0 saturated heterocycles. The molecule has 0 aromatic carbocycles. The van der Waals surface area contributed by atoms with Crippen LogP contribution in [0.3, 0.4) is 0 Å². The molecule has 0 aliphatic heterocycles. The van der Waals surface area contributed by atoms with E-state index in [0.717, 1.165) is 0 Å². The molecular weight excluding hydrogens is 182 g/mol. The van der Waals surface area contributed by atoms with Gasteiger partial charge >= 0.3 is 0 Å². The first-order valence-electron chi connectivity index (χ1n) is 4.67. The van der Waals surface area contributed by atoms with E-state index in [9.17, 15) is 9.59 Å². The van der Waals surface area contributed by atoms with Crippen molar-refractivity contribution in [3.63, 3.8) is 0 Å². The summed E-state index contributed by atoms with van der Waals surface area (Å²) in [6, 6.07) is -0.736. The van der Waals surface area contributed by atoms with Gasteiger partial charge in [-0.15, -0.1) is 0 Å². The summed E-state index contributed by atoms with van der Waals surface area (Å²) in [5, 5.41) is 5.03. The summed E-state index contributed by atoms with van der Waals surface area (Å²) in [6.45, 7) is 5.12. The highest BCUT2D eigenvalue weighted by Crippen LogP contribution is 2.00. The molecule has 0 saturated carbocycles. The number of amides is 2. The summed E-state index contributed by atoms with van der Waals surface area (Å²) in [5.41, 5.74) is 5.56. The highest BCUT2D eigenvalue weighted by atomic mass is 16.2. The van der Waals surface area contributed by atoms with E-state index in [1.54, 1.807) is 20.8 Å². The van der Waals surface area contributed by atoms with Gasteiger partial charge in [0.05, 0.1) is 0 Å². The van der Waals surface area contributed by atoms with Crippen LogP contribution in [-0.4, -0.2) is 30.9 Å². The highest BCUT2D eigenvalue weighted by Gasteiger charge is 2.20. The first-order chi connectivity index (χ1) is 6.40. The van der Waals surface area contributed by atoms with Crippen LogP contribution in [0.5, 0.6) is 0 Å². The molecule has 0 spiro atoms. The molecule has 5 nitrogen and oxygen atoms in total.